The molecule has 0 aromatic heterocycles. The third-order valence-corrected chi connectivity index (χ3v) is 18.8. The van der Waals surface area contributed by atoms with E-state index in [9.17, 15) is 30.0 Å². The lowest BCUT2D eigenvalue weighted by Crippen LogP contribution is -2.38. The molecule has 4 N–H and O–H groups in total. The largest absolute Gasteiger partial charge is 0.392 e. The van der Waals surface area contributed by atoms with Crippen LogP contribution in [-0.4, -0.2) is 116 Å². The maximum atomic E-state index is 12.9. The fourth-order valence-electron chi connectivity index (χ4n) is 11.5. The van der Waals surface area contributed by atoms with E-state index in [0.29, 0.717) is 39.0 Å². The van der Waals surface area contributed by atoms with Gasteiger partial charge in [-0.05, 0) is 77.3 Å². The van der Waals surface area contributed by atoms with Crippen LogP contribution in [0.3, 0.4) is 0 Å². The number of thioether (sulfide) groups is 2. The summed E-state index contributed by atoms with van der Waals surface area (Å²) >= 11 is 2.87. The van der Waals surface area contributed by atoms with Crippen LogP contribution in [0, 0.1) is 0 Å². The molecule has 80 heavy (non-hydrogen) atoms. The Kier molecular flexibility index (Phi) is 64.6. The number of carbonyl (C=O) groups excluding carboxylic acids is 2. The van der Waals surface area contributed by atoms with Gasteiger partial charge in [-0.3, -0.25) is 19.4 Å². The second-order valence-electron chi connectivity index (χ2n) is 25.1. The van der Waals surface area contributed by atoms with Crippen LogP contribution in [0.2, 0.25) is 0 Å². The summed E-state index contributed by atoms with van der Waals surface area (Å²) in [6.07, 6.45) is 59.8. The van der Waals surface area contributed by atoms with Gasteiger partial charge in [-0.2, -0.15) is 0 Å². The molecule has 0 saturated heterocycles. The number of rotatable bonds is 67. The van der Waals surface area contributed by atoms with Gasteiger partial charge in [-0.1, -0.05) is 308 Å². The average molecular weight is 1170 g/mol. The smallest absolute Gasteiger partial charge is 0.188 e. The first-order valence-corrected chi connectivity index (χ1v) is 37.6. The van der Waals surface area contributed by atoms with Crippen molar-refractivity contribution in [3.05, 3.63) is 0 Å². The SMILES string of the molecule is CCCCCCCCCCCCC(O)CN(CCCCC(=O)SCCCCSC(=O)CCCCN(CC(O)CCCCCCCCCCCC)CC(O)CCCCCCCCCCCC)CC(O)CCCCCCCCCCCC. The van der Waals surface area contributed by atoms with Crippen molar-refractivity contribution in [3.8, 4) is 0 Å². The molecular formula is C70H140N2O6S2. The lowest BCUT2D eigenvalue weighted by Gasteiger charge is -2.27. The third-order valence-electron chi connectivity index (χ3n) is 16.7. The molecule has 0 aliphatic rings. The van der Waals surface area contributed by atoms with Crippen LogP contribution in [0.15, 0.2) is 0 Å². The zero-order chi connectivity index (χ0) is 58.5. The molecule has 0 spiro atoms. The van der Waals surface area contributed by atoms with Crippen molar-refractivity contribution >= 4 is 33.8 Å². The van der Waals surface area contributed by atoms with Crippen molar-refractivity contribution in [2.45, 2.75) is 386 Å². The van der Waals surface area contributed by atoms with Crippen molar-refractivity contribution in [2.24, 2.45) is 0 Å². The number of aliphatic hydroxyl groups is 4. The van der Waals surface area contributed by atoms with Crippen LogP contribution >= 0.6 is 23.5 Å². The predicted molar refractivity (Wildman–Crippen MR) is 355 cm³/mol. The minimum atomic E-state index is -0.376. The van der Waals surface area contributed by atoms with Crippen molar-refractivity contribution in [1.82, 2.24) is 9.80 Å². The van der Waals surface area contributed by atoms with E-state index in [4.69, 9.17) is 0 Å². The van der Waals surface area contributed by atoms with Gasteiger partial charge in [-0.25, -0.2) is 0 Å². The highest BCUT2D eigenvalue weighted by atomic mass is 32.2. The second-order valence-corrected chi connectivity index (χ2v) is 27.4. The van der Waals surface area contributed by atoms with Crippen LogP contribution in [0.5, 0.6) is 0 Å². The van der Waals surface area contributed by atoms with Crippen LogP contribution in [0.25, 0.3) is 0 Å². The fourth-order valence-corrected chi connectivity index (χ4v) is 13.2. The Balaban J connectivity index is 4.65. The minimum Gasteiger partial charge on any atom is -0.392 e. The van der Waals surface area contributed by atoms with Crippen molar-refractivity contribution in [3.63, 3.8) is 0 Å². The molecule has 0 amide bonds. The van der Waals surface area contributed by atoms with Gasteiger partial charge in [0, 0.05) is 50.5 Å². The van der Waals surface area contributed by atoms with Gasteiger partial charge in [0.15, 0.2) is 10.2 Å². The van der Waals surface area contributed by atoms with Crippen LogP contribution in [0.1, 0.15) is 362 Å². The molecule has 0 saturated carbocycles. The Morgan fingerprint density at radius 3 is 0.688 bits per heavy atom. The molecule has 8 nitrogen and oxygen atoms in total. The van der Waals surface area contributed by atoms with E-state index >= 15 is 0 Å². The number of unbranched alkanes of at least 4 members (excludes halogenated alkanes) is 39. The molecule has 4 unspecified atom stereocenters. The van der Waals surface area contributed by atoms with Gasteiger partial charge in [0.25, 0.3) is 0 Å². The van der Waals surface area contributed by atoms with Crippen molar-refractivity contribution < 1.29 is 30.0 Å². The number of hydrogen-bond acceptors (Lipinski definition) is 10. The minimum absolute atomic E-state index is 0.244. The van der Waals surface area contributed by atoms with E-state index in [0.717, 1.165) is 114 Å². The molecule has 0 radical (unpaired) electrons. The second kappa shape index (κ2) is 64.8. The number of hydrogen-bond donors (Lipinski definition) is 4. The maximum absolute atomic E-state index is 12.9. The van der Waals surface area contributed by atoms with Crippen LogP contribution < -0.4 is 0 Å². The standard InChI is InChI=1S/C70H140N2O6S2/c1-5-9-13-17-21-25-29-33-37-41-51-65(73)61-71(62-66(74)52-42-38-34-30-26-22-18-14-10-6-2)57-47-45-55-69(77)79-59-49-50-60-80-70(78)56-46-48-58-72(63-67(75)53-43-39-35-31-27-23-19-15-11-7-3)64-68(76)54-44-40-36-32-28-24-20-16-12-8-4/h65-68,73-76H,5-64H2,1-4H3. The van der Waals surface area contributed by atoms with Gasteiger partial charge in [0.1, 0.15) is 0 Å². The Bertz CT molecular complexity index is 1090. The lowest BCUT2D eigenvalue weighted by atomic mass is 10.0. The highest BCUT2D eigenvalue weighted by Crippen LogP contribution is 2.20. The predicted octanol–water partition coefficient (Wildman–Crippen LogP) is 19.9. The number of carbonyl (C=O) groups is 2. The van der Waals surface area contributed by atoms with Crippen molar-refractivity contribution in [2.75, 3.05) is 50.8 Å². The first-order valence-electron chi connectivity index (χ1n) is 35.6. The average Bonchev–Trinajstić information content (AvgIpc) is 3.43. The molecule has 0 aromatic rings. The summed E-state index contributed by atoms with van der Waals surface area (Å²) in [7, 11) is 0. The van der Waals surface area contributed by atoms with Gasteiger partial charge in [-0.15, -0.1) is 0 Å². The van der Waals surface area contributed by atoms with Gasteiger partial charge in [0.2, 0.25) is 0 Å². The summed E-state index contributed by atoms with van der Waals surface area (Å²) < 4.78 is 0. The summed E-state index contributed by atoms with van der Waals surface area (Å²) in [5, 5.41) is 44.8. The van der Waals surface area contributed by atoms with Gasteiger partial charge >= 0.3 is 0 Å². The Morgan fingerprint density at radius 2 is 0.475 bits per heavy atom. The Hall–Kier alpha value is -0.200. The lowest BCUT2D eigenvalue weighted by molar-refractivity contribution is -0.111. The molecule has 0 aromatic carbocycles. The molecule has 4 atom stereocenters. The molecular weight excluding hydrogens is 1030 g/mol. The monoisotopic (exact) mass is 1170 g/mol. The summed E-state index contributed by atoms with van der Waals surface area (Å²) in [5.74, 6) is 1.59. The van der Waals surface area contributed by atoms with Gasteiger partial charge < -0.3 is 20.4 Å². The van der Waals surface area contributed by atoms with Crippen molar-refractivity contribution in [1.29, 1.82) is 0 Å². The third kappa shape index (κ3) is 60.9. The van der Waals surface area contributed by atoms with E-state index in [1.807, 2.05) is 0 Å². The summed E-state index contributed by atoms with van der Waals surface area (Å²) in [4.78, 5) is 30.3. The first kappa shape index (κ1) is 79.8. The quantitative estimate of drug-likeness (QED) is 0.0438. The normalized spacial score (nSPS) is 13.5. The Labute approximate surface area is 507 Å². The van der Waals surface area contributed by atoms with Gasteiger partial charge in [0.05, 0.1) is 24.4 Å². The molecule has 0 aliphatic heterocycles. The molecule has 0 aliphatic carbocycles. The summed E-state index contributed by atoms with van der Waals surface area (Å²) in [6, 6.07) is 0. The molecule has 0 heterocycles. The summed E-state index contributed by atoms with van der Waals surface area (Å²) in [6.45, 7) is 13.1. The number of aliphatic hydroxyl groups excluding tert-OH is 4. The Morgan fingerprint density at radius 1 is 0.275 bits per heavy atom. The zero-order valence-corrected chi connectivity index (χ0v) is 55.7. The molecule has 0 bridgehead atoms. The molecule has 10 heteroatoms. The molecule has 478 valence electrons. The zero-order valence-electron chi connectivity index (χ0n) is 54.1. The molecule has 0 rings (SSSR count). The van der Waals surface area contributed by atoms with E-state index in [2.05, 4.69) is 37.5 Å². The first-order chi connectivity index (χ1) is 39.1. The van der Waals surface area contributed by atoms with Crippen LogP contribution in [-0.2, 0) is 9.59 Å². The van der Waals surface area contributed by atoms with Crippen LogP contribution in [0.4, 0.5) is 0 Å². The topological polar surface area (TPSA) is 122 Å². The summed E-state index contributed by atoms with van der Waals surface area (Å²) in [5.41, 5.74) is 0. The van der Waals surface area contributed by atoms with E-state index < -0.39 is 0 Å². The highest BCUT2D eigenvalue weighted by Gasteiger charge is 2.18. The van der Waals surface area contributed by atoms with E-state index in [1.165, 1.54) is 255 Å². The fraction of sp³-hybridized carbons (Fsp3) is 0.971. The van der Waals surface area contributed by atoms with E-state index in [-0.39, 0.29) is 34.6 Å². The maximum Gasteiger partial charge on any atom is 0.188 e. The molecule has 0 fully saturated rings. The van der Waals surface area contributed by atoms with E-state index in [1.54, 1.807) is 0 Å². The number of nitrogens with zero attached hydrogens (tertiary/aromatic N) is 2. The highest BCUT2D eigenvalue weighted by molar-refractivity contribution is 8.13.